The Bertz CT molecular complexity index is 1840. The highest BCUT2D eigenvalue weighted by Gasteiger charge is 2.23. The van der Waals surface area contributed by atoms with E-state index in [0.717, 1.165) is 62.7 Å². The lowest BCUT2D eigenvalue weighted by molar-refractivity contribution is -0.384. The normalized spacial score (nSPS) is 13.1. The Morgan fingerprint density at radius 1 is 0.959 bits per heavy atom. The molecule has 49 heavy (non-hydrogen) atoms. The first kappa shape index (κ1) is 34.7. The molecule has 0 fully saturated rings. The second kappa shape index (κ2) is 17.0. The summed E-state index contributed by atoms with van der Waals surface area (Å²) in [5.41, 5.74) is 6.03. The molecular weight excluding hydrogens is 622 g/mol. The van der Waals surface area contributed by atoms with Crippen LogP contribution in [0.2, 0.25) is 0 Å². The van der Waals surface area contributed by atoms with Gasteiger partial charge in [-0.3, -0.25) is 10.1 Å². The molecule has 3 aromatic carbocycles. The Kier molecular flexibility index (Phi) is 12.1. The fraction of sp³-hybridized carbons (Fsp3) is 0.231. The quantitative estimate of drug-likeness (QED) is 0.0416. The number of ether oxygens (including phenoxy) is 4. The number of hydrogen-bond donors (Lipinski definition) is 1. The van der Waals surface area contributed by atoms with E-state index >= 15 is 0 Å². The van der Waals surface area contributed by atoms with Crippen LogP contribution in [0.25, 0.3) is 28.8 Å². The number of nitrogens with zero attached hydrogens (tertiary/aromatic N) is 3. The van der Waals surface area contributed by atoms with Crippen LogP contribution in [0, 0.1) is 10.1 Å². The molecule has 1 aliphatic rings. The highest BCUT2D eigenvalue weighted by atomic mass is 16.6. The maximum atomic E-state index is 12.0. The number of anilines is 2. The van der Waals surface area contributed by atoms with Crippen LogP contribution in [0.15, 0.2) is 109 Å². The van der Waals surface area contributed by atoms with E-state index in [1.54, 1.807) is 38.5 Å². The van der Waals surface area contributed by atoms with Crippen LogP contribution in [0.3, 0.4) is 0 Å². The van der Waals surface area contributed by atoms with Gasteiger partial charge >= 0.3 is 0 Å². The van der Waals surface area contributed by atoms with Gasteiger partial charge in [0, 0.05) is 58.9 Å². The summed E-state index contributed by atoms with van der Waals surface area (Å²) in [7, 11) is 3.27. The second-order valence-corrected chi connectivity index (χ2v) is 11.0. The predicted molar refractivity (Wildman–Crippen MR) is 195 cm³/mol. The first-order chi connectivity index (χ1) is 24.0. The zero-order chi connectivity index (χ0) is 34.6. The molecule has 4 aromatic rings. The molecule has 0 saturated carbocycles. The molecular formula is C39H41N3O7. The fourth-order valence-corrected chi connectivity index (χ4v) is 5.71. The van der Waals surface area contributed by atoms with Crippen LogP contribution in [0.5, 0.6) is 11.5 Å². The molecule has 0 atom stereocenters. The summed E-state index contributed by atoms with van der Waals surface area (Å²) in [6.45, 7) is 4.21. The van der Waals surface area contributed by atoms with E-state index in [1.165, 1.54) is 6.07 Å². The molecule has 0 spiro atoms. The fourth-order valence-electron chi connectivity index (χ4n) is 5.71. The number of aliphatic hydroxyl groups is 1. The van der Waals surface area contributed by atoms with Gasteiger partial charge in [0.05, 0.1) is 56.4 Å². The molecule has 1 aliphatic carbocycles. The van der Waals surface area contributed by atoms with Crippen molar-refractivity contribution in [3.63, 3.8) is 0 Å². The lowest BCUT2D eigenvalue weighted by Gasteiger charge is -2.28. The van der Waals surface area contributed by atoms with E-state index in [2.05, 4.69) is 21.6 Å². The average Bonchev–Trinajstić information content (AvgIpc) is 3.26. The number of rotatable bonds is 16. The summed E-state index contributed by atoms with van der Waals surface area (Å²) >= 11 is 0. The number of aliphatic hydroxyl groups excluding tert-OH is 1. The van der Waals surface area contributed by atoms with Crippen molar-refractivity contribution in [2.45, 2.75) is 19.8 Å². The zero-order valence-electron chi connectivity index (χ0n) is 28.0. The van der Waals surface area contributed by atoms with Gasteiger partial charge in [-0.1, -0.05) is 12.2 Å². The Balaban J connectivity index is 1.64. The lowest BCUT2D eigenvalue weighted by atomic mass is 10.1. The van der Waals surface area contributed by atoms with Gasteiger partial charge in [-0.25, -0.2) is 0 Å². The SMILES string of the molecule is CCOCCOCC\C=C/C(=C\C=C\O)n1c2c(c3cc([N+](=O)[O-])ccc31)C=C(N(c1ccc(OC)cc1)c1ccc(OC)cc1)CC=C2. The number of non-ortho nitro benzene ring substituents is 1. The van der Waals surface area contributed by atoms with Crippen LogP contribution < -0.4 is 14.4 Å². The van der Waals surface area contributed by atoms with Crippen LogP contribution in [0.4, 0.5) is 17.1 Å². The first-order valence-corrected chi connectivity index (χ1v) is 16.1. The van der Waals surface area contributed by atoms with Gasteiger partial charge in [-0.2, -0.15) is 0 Å². The average molecular weight is 664 g/mol. The highest BCUT2D eigenvalue weighted by Crippen LogP contribution is 2.40. The maximum Gasteiger partial charge on any atom is 0.270 e. The number of allylic oxidation sites excluding steroid dienone is 5. The monoisotopic (exact) mass is 663 g/mol. The van der Waals surface area contributed by atoms with Crippen molar-refractivity contribution in [2.24, 2.45) is 0 Å². The first-order valence-electron chi connectivity index (χ1n) is 16.1. The number of hydrogen-bond acceptors (Lipinski definition) is 8. The molecule has 0 bridgehead atoms. The van der Waals surface area contributed by atoms with E-state index < -0.39 is 0 Å². The Hall–Kier alpha value is -5.58. The van der Waals surface area contributed by atoms with Gasteiger partial charge in [0.2, 0.25) is 0 Å². The van der Waals surface area contributed by atoms with Gasteiger partial charge in [-0.15, -0.1) is 0 Å². The third-order valence-corrected chi connectivity index (χ3v) is 8.01. The standard InChI is InChI=1S/C39H41N3O7/c1-4-48-25-26-49-24-6-5-9-29(11-8-23-43)41-38-12-7-10-32(27-36(38)37-28-33(42(44)45)17-22-39(37)41)40(30-13-18-34(46-2)19-14-30)31-15-20-35(47-3)21-16-31/h5,7-9,11-23,27-28,43H,4,6,10,24-26H2,1-3H3/b9-5-,23-8+,29-11+. The third-order valence-electron chi connectivity index (χ3n) is 8.01. The van der Waals surface area contributed by atoms with Crippen molar-refractivity contribution < 1.29 is 29.0 Å². The van der Waals surface area contributed by atoms with Crippen molar-refractivity contribution >= 4 is 45.8 Å². The maximum absolute atomic E-state index is 12.0. The molecule has 10 heteroatoms. The largest absolute Gasteiger partial charge is 0.516 e. The third kappa shape index (κ3) is 8.29. The lowest BCUT2D eigenvalue weighted by Crippen LogP contribution is -2.16. The van der Waals surface area contributed by atoms with Gasteiger partial charge < -0.3 is 33.5 Å². The van der Waals surface area contributed by atoms with E-state index in [0.29, 0.717) is 39.3 Å². The zero-order valence-corrected chi connectivity index (χ0v) is 28.0. The van der Waals surface area contributed by atoms with Crippen molar-refractivity contribution in [3.05, 3.63) is 130 Å². The Labute approximate surface area is 286 Å². The highest BCUT2D eigenvalue weighted by molar-refractivity contribution is 5.99. The molecule has 0 unspecified atom stereocenters. The molecule has 1 aromatic heterocycles. The van der Waals surface area contributed by atoms with E-state index in [1.807, 2.05) is 73.7 Å². The summed E-state index contributed by atoms with van der Waals surface area (Å²) in [4.78, 5) is 13.7. The number of nitro benzene ring substituents is 1. The minimum absolute atomic E-state index is 0.00156. The molecule has 1 heterocycles. The predicted octanol–water partition coefficient (Wildman–Crippen LogP) is 9.07. The minimum atomic E-state index is -0.377. The van der Waals surface area contributed by atoms with E-state index in [4.69, 9.17) is 18.9 Å². The summed E-state index contributed by atoms with van der Waals surface area (Å²) in [6.07, 6.45) is 15.8. The van der Waals surface area contributed by atoms with Crippen molar-refractivity contribution in [2.75, 3.05) is 45.5 Å². The number of fused-ring (bicyclic) bond motifs is 3. The Morgan fingerprint density at radius 2 is 1.63 bits per heavy atom. The summed E-state index contributed by atoms with van der Waals surface area (Å²) in [5.74, 6) is 1.49. The van der Waals surface area contributed by atoms with Crippen LogP contribution >= 0.6 is 0 Å². The van der Waals surface area contributed by atoms with Crippen molar-refractivity contribution in [3.8, 4) is 11.5 Å². The molecule has 0 aliphatic heterocycles. The van der Waals surface area contributed by atoms with Gasteiger partial charge in [0.1, 0.15) is 11.5 Å². The van der Waals surface area contributed by atoms with Crippen molar-refractivity contribution in [1.82, 2.24) is 4.57 Å². The van der Waals surface area contributed by atoms with Crippen LogP contribution in [-0.4, -0.2) is 55.2 Å². The summed E-state index contributed by atoms with van der Waals surface area (Å²) in [6, 6.07) is 20.6. The van der Waals surface area contributed by atoms with Crippen LogP contribution in [0.1, 0.15) is 31.0 Å². The minimum Gasteiger partial charge on any atom is -0.516 e. The molecule has 254 valence electrons. The van der Waals surface area contributed by atoms with Gasteiger partial charge in [-0.05, 0) is 98.3 Å². The van der Waals surface area contributed by atoms with Crippen LogP contribution in [-0.2, 0) is 9.47 Å². The van der Waals surface area contributed by atoms with E-state index in [9.17, 15) is 15.2 Å². The van der Waals surface area contributed by atoms with Gasteiger partial charge in [0.25, 0.3) is 5.69 Å². The number of nitro groups is 1. The molecule has 1 N–H and O–H groups in total. The second-order valence-electron chi connectivity index (χ2n) is 11.0. The number of benzene rings is 3. The van der Waals surface area contributed by atoms with E-state index in [-0.39, 0.29) is 10.6 Å². The molecule has 0 saturated heterocycles. The Morgan fingerprint density at radius 3 is 2.24 bits per heavy atom. The summed E-state index contributed by atoms with van der Waals surface area (Å²) < 4.78 is 23.9. The number of methoxy groups -OCH3 is 2. The topological polar surface area (TPSA) is 108 Å². The summed E-state index contributed by atoms with van der Waals surface area (Å²) in [5, 5.41) is 22.3. The van der Waals surface area contributed by atoms with Gasteiger partial charge in [0.15, 0.2) is 0 Å². The van der Waals surface area contributed by atoms with Crippen molar-refractivity contribution in [1.29, 1.82) is 0 Å². The molecule has 0 radical (unpaired) electrons. The molecule has 10 nitrogen and oxygen atoms in total. The molecule has 0 amide bonds. The molecule has 5 rings (SSSR count). The number of aromatic nitrogens is 1. The smallest absolute Gasteiger partial charge is 0.270 e.